The summed E-state index contributed by atoms with van der Waals surface area (Å²) in [5, 5.41) is 8.12. The van der Waals surface area contributed by atoms with Gasteiger partial charge in [-0.2, -0.15) is 0 Å². The van der Waals surface area contributed by atoms with Crippen LogP contribution in [0.5, 0.6) is 34.5 Å². The van der Waals surface area contributed by atoms with E-state index in [2.05, 4.69) is 10.3 Å². The molecule has 0 aliphatic heterocycles. The van der Waals surface area contributed by atoms with Gasteiger partial charge in [0.15, 0.2) is 23.0 Å². The zero-order chi connectivity index (χ0) is 24.4. The second-order valence-corrected chi connectivity index (χ2v) is 6.56. The number of hydrogen-bond donors (Lipinski definition) is 0. The van der Waals surface area contributed by atoms with Crippen LogP contribution in [0.4, 0.5) is 0 Å². The lowest BCUT2D eigenvalue weighted by Gasteiger charge is -2.14. The molecule has 0 spiro atoms. The van der Waals surface area contributed by atoms with Gasteiger partial charge in [0.1, 0.15) is 0 Å². The SMILES string of the molecule is COc1cc(C(C)=NOCON=C(C)c2cc(OC)c(OC)c(OC)c2)cc(OC)c1OC. The fourth-order valence-corrected chi connectivity index (χ4v) is 2.96. The Bertz CT molecular complexity index is 874. The second kappa shape index (κ2) is 12.3. The van der Waals surface area contributed by atoms with Crippen molar-refractivity contribution in [2.24, 2.45) is 10.3 Å². The number of benzene rings is 2. The number of rotatable bonds is 12. The molecule has 0 amide bonds. The third-order valence-corrected chi connectivity index (χ3v) is 4.67. The zero-order valence-electron chi connectivity index (χ0n) is 20.2. The van der Waals surface area contributed by atoms with Gasteiger partial charge in [-0.15, -0.1) is 0 Å². The van der Waals surface area contributed by atoms with Crippen LogP contribution in [0.1, 0.15) is 25.0 Å². The van der Waals surface area contributed by atoms with Crippen LogP contribution in [0.25, 0.3) is 0 Å². The summed E-state index contributed by atoms with van der Waals surface area (Å²) in [6.45, 7) is 3.37. The van der Waals surface area contributed by atoms with Crippen molar-refractivity contribution >= 4 is 11.4 Å². The Morgan fingerprint density at radius 2 is 0.848 bits per heavy atom. The van der Waals surface area contributed by atoms with Gasteiger partial charge >= 0.3 is 0 Å². The molecule has 0 aliphatic carbocycles. The van der Waals surface area contributed by atoms with Gasteiger partial charge in [-0.3, -0.25) is 0 Å². The molecule has 0 aromatic heterocycles. The maximum Gasteiger partial charge on any atom is 0.280 e. The summed E-state index contributed by atoms with van der Waals surface area (Å²) in [6, 6.07) is 7.10. The molecule has 10 nitrogen and oxygen atoms in total. The fourth-order valence-electron chi connectivity index (χ4n) is 2.96. The topological polar surface area (TPSA) is 98.6 Å². The van der Waals surface area contributed by atoms with E-state index in [1.54, 1.807) is 80.8 Å². The largest absolute Gasteiger partial charge is 0.493 e. The Balaban J connectivity index is 2.07. The first-order chi connectivity index (χ1) is 15.9. The number of hydrogen-bond acceptors (Lipinski definition) is 10. The molecule has 0 heterocycles. The molecular formula is C23H30N2O8. The maximum absolute atomic E-state index is 5.36. The maximum atomic E-state index is 5.36. The lowest BCUT2D eigenvalue weighted by molar-refractivity contribution is -0.0505. The van der Waals surface area contributed by atoms with Crippen LogP contribution in [0, 0.1) is 0 Å². The number of nitrogens with zero attached hydrogens (tertiary/aromatic N) is 2. The third kappa shape index (κ3) is 6.12. The number of oxime groups is 2. The summed E-state index contributed by atoms with van der Waals surface area (Å²) >= 11 is 0. The highest BCUT2D eigenvalue weighted by atomic mass is 16.8. The normalized spacial score (nSPS) is 11.5. The molecule has 2 rings (SSSR count). The standard InChI is InChI=1S/C23H30N2O8/c1-14(16-9-18(26-3)22(30-7)19(10-16)27-4)24-32-13-33-25-15(2)17-11-20(28-5)23(31-8)21(12-17)29-6/h9-12H,13H2,1-8H3. The van der Waals surface area contributed by atoms with E-state index in [0.717, 1.165) is 11.1 Å². The van der Waals surface area contributed by atoms with E-state index in [1.807, 2.05) is 0 Å². The van der Waals surface area contributed by atoms with Crippen LogP contribution in [0.3, 0.4) is 0 Å². The van der Waals surface area contributed by atoms with Gasteiger partial charge in [0, 0.05) is 11.1 Å². The molecule has 0 aliphatic rings. The first-order valence-electron chi connectivity index (χ1n) is 9.87. The summed E-state index contributed by atoms with van der Waals surface area (Å²) in [7, 11) is 9.28. The summed E-state index contributed by atoms with van der Waals surface area (Å²) in [4.78, 5) is 10.5. The van der Waals surface area contributed by atoms with Gasteiger partial charge in [-0.05, 0) is 38.1 Å². The monoisotopic (exact) mass is 462 g/mol. The van der Waals surface area contributed by atoms with Crippen molar-refractivity contribution in [1.82, 2.24) is 0 Å². The fraction of sp³-hybridized carbons (Fsp3) is 0.391. The lowest BCUT2D eigenvalue weighted by atomic mass is 10.1. The second-order valence-electron chi connectivity index (χ2n) is 6.56. The molecule has 2 aromatic carbocycles. The van der Waals surface area contributed by atoms with Gasteiger partial charge in [-0.1, -0.05) is 10.3 Å². The molecule has 0 unspecified atom stereocenters. The Morgan fingerprint density at radius 3 is 1.09 bits per heavy atom. The minimum Gasteiger partial charge on any atom is -0.493 e. The Kier molecular flexibility index (Phi) is 9.46. The summed E-state index contributed by atoms with van der Waals surface area (Å²) in [5.41, 5.74) is 2.65. The lowest BCUT2D eigenvalue weighted by Crippen LogP contribution is -2.03. The van der Waals surface area contributed by atoms with E-state index in [1.165, 1.54) is 0 Å². The molecule has 0 radical (unpaired) electrons. The Morgan fingerprint density at radius 1 is 0.545 bits per heavy atom. The van der Waals surface area contributed by atoms with Crippen molar-refractivity contribution in [2.45, 2.75) is 13.8 Å². The van der Waals surface area contributed by atoms with Crippen molar-refractivity contribution in [3.8, 4) is 34.5 Å². The van der Waals surface area contributed by atoms with E-state index >= 15 is 0 Å². The minimum atomic E-state index is -0.191. The van der Waals surface area contributed by atoms with E-state index in [0.29, 0.717) is 45.9 Å². The molecular weight excluding hydrogens is 432 g/mol. The predicted octanol–water partition coefficient (Wildman–Crippen LogP) is 3.88. The molecule has 0 saturated carbocycles. The van der Waals surface area contributed by atoms with Gasteiger partial charge in [0.05, 0.1) is 54.1 Å². The first kappa shape index (κ1) is 25.4. The smallest absolute Gasteiger partial charge is 0.280 e. The molecule has 2 aromatic rings. The van der Waals surface area contributed by atoms with Crippen molar-refractivity contribution in [1.29, 1.82) is 0 Å². The van der Waals surface area contributed by atoms with Crippen LogP contribution in [-0.2, 0) is 9.68 Å². The summed E-state index contributed by atoms with van der Waals surface area (Å²) in [5.74, 6) is 3.06. The third-order valence-electron chi connectivity index (χ3n) is 4.67. The van der Waals surface area contributed by atoms with E-state index < -0.39 is 0 Å². The van der Waals surface area contributed by atoms with Crippen molar-refractivity contribution in [3.05, 3.63) is 35.4 Å². The van der Waals surface area contributed by atoms with Crippen molar-refractivity contribution in [2.75, 3.05) is 49.5 Å². The Labute approximate surface area is 193 Å². The number of methoxy groups -OCH3 is 6. The minimum absolute atomic E-state index is 0.191. The molecule has 0 bridgehead atoms. The van der Waals surface area contributed by atoms with Gasteiger partial charge in [0.2, 0.25) is 11.5 Å². The summed E-state index contributed by atoms with van der Waals surface area (Å²) in [6.07, 6.45) is 0. The highest BCUT2D eigenvalue weighted by molar-refractivity contribution is 6.00. The summed E-state index contributed by atoms with van der Waals surface area (Å²) < 4.78 is 32.1. The number of ether oxygens (including phenoxy) is 6. The van der Waals surface area contributed by atoms with Crippen LogP contribution in [-0.4, -0.2) is 60.9 Å². The highest BCUT2D eigenvalue weighted by Crippen LogP contribution is 2.39. The molecule has 10 heteroatoms. The van der Waals surface area contributed by atoms with Gasteiger partial charge in [-0.25, -0.2) is 0 Å². The molecule has 33 heavy (non-hydrogen) atoms. The van der Waals surface area contributed by atoms with Crippen LogP contribution in [0.2, 0.25) is 0 Å². The zero-order valence-corrected chi connectivity index (χ0v) is 20.2. The molecule has 0 saturated heterocycles. The average molecular weight is 462 g/mol. The van der Waals surface area contributed by atoms with Crippen molar-refractivity contribution in [3.63, 3.8) is 0 Å². The first-order valence-corrected chi connectivity index (χ1v) is 9.87. The molecule has 0 fully saturated rings. The Hall–Kier alpha value is -3.82. The van der Waals surface area contributed by atoms with Crippen LogP contribution >= 0.6 is 0 Å². The van der Waals surface area contributed by atoms with Gasteiger partial charge in [0.25, 0.3) is 6.79 Å². The highest BCUT2D eigenvalue weighted by Gasteiger charge is 2.16. The van der Waals surface area contributed by atoms with Crippen LogP contribution in [0.15, 0.2) is 34.6 Å². The van der Waals surface area contributed by atoms with E-state index in [4.69, 9.17) is 38.1 Å². The van der Waals surface area contributed by atoms with Crippen LogP contribution < -0.4 is 28.4 Å². The molecule has 180 valence electrons. The van der Waals surface area contributed by atoms with E-state index in [9.17, 15) is 0 Å². The van der Waals surface area contributed by atoms with Gasteiger partial charge < -0.3 is 38.1 Å². The predicted molar refractivity (Wildman–Crippen MR) is 124 cm³/mol. The average Bonchev–Trinajstić information content (AvgIpc) is 2.85. The van der Waals surface area contributed by atoms with E-state index in [-0.39, 0.29) is 6.79 Å². The molecule has 0 atom stereocenters. The quantitative estimate of drug-likeness (QED) is 0.203. The van der Waals surface area contributed by atoms with Crippen molar-refractivity contribution < 1.29 is 38.1 Å². The molecule has 0 N–H and O–H groups in total.